The Bertz CT molecular complexity index is 1640. The average molecular weight is 651 g/mol. The molecular weight excluding hydrogens is 616 g/mol. The molecule has 0 spiro atoms. The summed E-state index contributed by atoms with van der Waals surface area (Å²) < 4.78 is 22.2. The molecule has 2 amide bonds. The summed E-state index contributed by atoms with van der Waals surface area (Å²) in [6.45, 7) is 4.28. The van der Waals surface area contributed by atoms with Crippen molar-refractivity contribution in [2.24, 2.45) is 10.2 Å². The quantitative estimate of drug-likeness (QED) is 0.0760. The molecule has 0 saturated carbocycles. The number of carbonyl (C=O) groups excluding carboxylic acids is 4. The summed E-state index contributed by atoms with van der Waals surface area (Å²) in [6.07, 6.45) is 2.54. The lowest BCUT2D eigenvalue weighted by Gasteiger charge is -2.11. The van der Waals surface area contributed by atoms with E-state index < -0.39 is 23.8 Å². The fraction of sp³-hybridized carbons (Fsp3) is 0.167. The van der Waals surface area contributed by atoms with Crippen LogP contribution in [0.2, 0.25) is 0 Å². The lowest BCUT2D eigenvalue weighted by atomic mass is 10.2. The molecule has 4 rings (SSSR count). The number of nitrogens with one attached hydrogen (secondary N) is 2. The number of benzene rings is 4. The highest BCUT2D eigenvalue weighted by Gasteiger charge is 2.14. The van der Waals surface area contributed by atoms with Gasteiger partial charge in [-0.05, 0) is 85.6 Å². The number of nitrogens with zero attached hydrogens (tertiary/aromatic N) is 2. The highest BCUT2D eigenvalue weighted by molar-refractivity contribution is 5.92. The highest BCUT2D eigenvalue weighted by atomic mass is 16.6. The van der Waals surface area contributed by atoms with Crippen LogP contribution >= 0.6 is 0 Å². The van der Waals surface area contributed by atoms with Crippen molar-refractivity contribution in [3.8, 4) is 23.0 Å². The van der Waals surface area contributed by atoms with Crippen LogP contribution < -0.4 is 29.8 Å². The molecule has 4 aromatic carbocycles. The molecule has 4 aromatic rings. The molecule has 0 aromatic heterocycles. The second kappa shape index (κ2) is 18.0. The molecule has 246 valence electrons. The molecule has 12 heteroatoms. The lowest BCUT2D eigenvalue weighted by Crippen LogP contribution is -2.22. The van der Waals surface area contributed by atoms with Gasteiger partial charge in [0.25, 0.3) is 0 Å². The minimum absolute atomic E-state index is 0.132. The van der Waals surface area contributed by atoms with Gasteiger partial charge in [-0.25, -0.2) is 20.4 Å². The summed E-state index contributed by atoms with van der Waals surface area (Å²) in [5, 5.41) is 7.87. The van der Waals surface area contributed by atoms with Gasteiger partial charge in [0.05, 0.1) is 36.8 Å². The Hall–Kier alpha value is -6.30. The fourth-order valence-corrected chi connectivity index (χ4v) is 4.08. The van der Waals surface area contributed by atoms with Crippen LogP contribution in [0.15, 0.2) is 107 Å². The van der Waals surface area contributed by atoms with Gasteiger partial charge in [-0.2, -0.15) is 10.2 Å². The van der Waals surface area contributed by atoms with Gasteiger partial charge in [-0.1, -0.05) is 36.4 Å². The summed E-state index contributed by atoms with van der Waals surface area (Å²) in [7, 11) is 0. The van der Waals surface area contributed by atoms with Crippen LogP contribution in [-0.2, 0) is 9.59 Å². The van der Waals surface area contributed by atoms with Gasteiger partial charge in [0.2, 0.25) is 11.8 Å². The first kappa shape index (κ1) is 34.6. The summed E-state index contributed by atoms with van der Waals surface area (Å²) in [5.41, 5.74) is 6.72. The van der Waals surface area contributed by atoms with Gasteiger partial charge in [0.15, 0.2) is 23.0 Å². The molecule has 0 atom stereocenters. The molecule has 12 nitrogen and oxygen atoms in total. The average Bonchev–Trinajstić information content (AvgIpc) is 3.10. The monoisotopic (exact) mass is 650 g/mol. The molecule has 0 radical (unpaired) electrons. The van der Waals surface area contributed by atoms with Crippen LogP contribution in [0.3, 0.4) is 0 Å². The molecule has 0 unspecified atom stereocenters. The largest absolute Gasteiger partial charge is 0.490 e. The highest BCUT2D eigenvalue weighted by Crippen LogP contribution is 2.30. The van der Waals surface area contributed by atoms with Crippen molar-refractivity contribution in [2.45, 2.75) is 26.7 Å². The van der Waals surface area contributed by atoms with Crippen LogP contribution in [0, 0.1) is 0 Å². The van der Waals surface area contributed by atoms with Gasteiger partial charge in [0.1, 0.15) is 0 Å². The third kappa shape index (κ3) is 10.7. The van der Waals surface area contributed by atoms with Gasteiger partial charge < -0.3 is 18.9 Å². The van der Waals surface area contributed by atoms with Gasteiger partial charge in [-0.3, -0.25) is 9.59 Å². The zero-order valence-corrected chi connectivity index (χ0v) is 26.4. The third-order valence-electron chi connectivity index (χ3n) is 6.34. The van der Waals surface area contributed by atoms with E-state index in [1.54, 1.807) is 111 Å². The number of ether oxygens (including phenoxy) is 4. The molecule has 0 fully saturated rings. The van der Waals surface area contributed by atoms with E-state index in [1.807, 2.05) is 0 Å². The maximum absolute atomic E-state index is 12.4. The van der Waals surface area contributed by atoms with Crippen LogP contribution in [-0.4, -0.2) is 49.4 Å². The minimum atomic E-state index is -0.520. The second-order valence-electron chi connectivity index (χ2n) is 9.88. The third-order valence-corrected chi connectivity index (χ3v) is 6.34. The van der Waals surface area contributed by atoms with E-state index in [1.165, 1.54) is 12.4 Å². The van der Waals surface area contributed by atoms with Gasteiger partial charge in [-0.15, -0.1) is 0 Å². The first-order valence-electron chi connectivity index (χ1n) is 15.1. The standard InChI is InChI=1S/C36H34N4O8/c1-3-45-31-21-25(15-17-29(31)47-35(43)27-11-7-5-8-12-27)23-37-39-33(41)19-20-34(42)40-38-24-26-16-18-30(32(22-26)46-4-2)48-36(44)28-13-9-6-10-14-28/h5-18,21-24H,3-4,19-20H2,1-2H3,(H,39,41)(H,40,42). The first-order valence-corrected chi connectivity index (χ1v) is 15.1. The van der Waals surface area contributed by atoms with Gasteiger partial charge in [0, 0.05) is 12.8 Å². The van der Waals surface area contributed by atoms with Crippen LogP contribution in [0.1, 0.15) is 58.5 Å². The summed E-state index contributed by atoms with van der Waals surface area (Å²) in [4.78, 5) is 49.4. The van der Waals surface area contributed by atoms with Crippen molar-refractivity contribution in [1.82, 2.24) is 10.9 Å². The van der Waals surface area contributed by atoms with E-state index in [4.69, 9.17) is 18.9 Å². The SMILES string of the molecule is CCOc1cc(C=NNC(=O)CCC(=O)NN=Cc2ccc(OC(=O)c3ccccc3)c(OCC)c2)ccc1OC(=O)c1ccccc1. The zero-order chi connectivity index (χ0) is 34.1. The number of hydrazone groups is 2. The maximum Gasteiger partial charge on any atom is 0.343 e. The predicted octanol–water partition coefficient (Wildman–Crippen LogP) is 5.30. The Labute approximate surface area is 277 Å². The number of hydrogen-bond acceptors (Lipinski definition) is 10. The van der Waals surface area contributed by atoms with E-state index >= 15 is 0 Å². The minimum Gasteiger partial charge on any atom is -0.490 e. The summed E-state index contributed by atoms with van der Waals surface area (Å²) >= 11 is 0. The van der Waals surface area contributed by atoms with Crippen molar-refractivity contribution in [3.63, 3.8) is 0 Å². The van der Waals surface area contributed by atoms with E-state index in [9.17, 15) is 19.2 Å². The number of hydrogen-bond donors (Lipinski definition) is 2. The van der Waals surface area contributed by atoms with Crippen molar-refractivity contribution in [3.05, 3.63) is 119 Å². The van der Waals surface area contributed by atoms with E-state index in [-0.39, 0.29) is 24.3 Å². The smallest absolute Gasteiger partial charge is 0.343 e. The summed E-state index contributed by atoms with van der Waals surface area (Å²) in [5.74, 6) is -0.830. The Morgan fingerprint density at radius 2 is 0.958 bits per heavy atom. The zero-order valence-electron chi connectivity index (χ0n) is 26.4. The Morgan fingerprint density at radius 3 is 1.33 bits per heavy atom. The normalized spacial score (nSPS) is 10.8. The Balaban J connectivity index is 1.23. The van der Waals surface area contributed by atoms with Crippen LogP contribution in [0.5, 0.6) is 23.0 Å². The topological polar surface area (TPSA) is 154 Å². The number of esters is 2. The second-order valence-corrected chi connectivity index (χ2v) is 9.88. The molecule has 0 aliphatic carbocycles. The number of carbonyl (C=O) groups is 4. The molecule has 0 heterocycles. The van der Waals surface area contributed by atoms with Crippen molar-refractivity contribution in [2.75, 3.05) is 13.2 Å². The Kier molecular flexibility index (Phi) is 13.0. The molecule has 0 saturated heterocycles. The molecular formula is C36H34N4O8. The number of rotatable bonds is 15. The first-order chi connectivity index (χ1) is 23.4. The molecule has 0 aliphatic rings. The lowest BCUT2D eigenvalue weighted by molar-refractivity contribution is -0.126. The predicted molar refractivity (Wildman–Crippen MR) is 179 cm³/mol. The van der Waals surface area contributed by atoms with E-state index in [0.717, 1.165) is 0 Å². The Morgan fingerprint density at radius 1 is 0.562 bits per heavy atom. The van der Waals surface area contributed by atoms with E-state index in [0.29, 0.717) is 47.0 Å². The van der Waals surface area contributed by atoms with Crippen LogP contribution in [0.4, 0.5) is 0 Å². The van der Waals surface area contributed by atoms with E-state index in [2.05, 4.69) is 21.1 Å². The van der Waals surface area contributed by atoms with Crippen molar-refractivity contribution < 1.29 is 38.1 Å². The molecule has 0 aliphatic heterocycles. The molecule has 48 heavy (non-hydrogen) atoms. The fourth-order valence-electron chi connectivity index (χ4n) is 4.08. The summed E-state index contributed by atoms with van der Waals surface area (Å²) in [6, 6.07) is 26.9. The molecule has 2 N–H and O–H groups in total. The van der Waals surface area contributed by atoms with Crippen molar-refractivity contribution in [1.29, 1.82) is 0 Å². The number of amides is 2. The van der Waals surface area contributed by atoms with Crippen molar-refractivity contribution >= 4 is 36.2 Å². The maximum atomic E-state index is 12.4. The van der Waals surface area contributed by atoms with Crippen LogP contribution in [0.25, 0.3) is 0 Å². The molecule has 0 bridgehead atoms. The van der Waals surface area contributed by atoms with Gasteiger partial charge >= 0.3 is 11.9 Å².